The topological polar surface area (TPSA) is 35.5 Å². The lowest BCUT2D eigenvalue weighted by Crippen LogP contribution is -2.22. The third kappa shape index (κ3) is 8.90. The van der Waals surface area contributed by atoms with E-state index < -0.39 is 11.6 Å². The van der Waals surface area contributed by atoms with Crippen molar-refractivity contribution in [3.8, 4) is 11.8 Å². The first-order valence-corrected chi connectivity index (χ1v) is 4.16. The zero-order valence-electron chi connectivity index (χ0n) is 8.64. The van der Waals surface area contributed by atoms with Crippen molar-refractivity contribution in [3.63, 3.8) is 0 Å². The molecule has 0 rings (SSSR count). The third-order valence-corrected chi connectivity index (χ3v) is 1.02. The molecule has 0 aromatic carbocycles. The molecule has 0 atom stereocenters. The van der Waals surface area contributed by atoms with E-state index in [1.807, 2.05) is 20.8 Å². The quantitative estimate of drug-likeness (QED) is 0.281. The Hall–Kier alpha value is -1.01. The number of hydrogen-bond acceptors (Lipinski definition) is 3. The van der Waals surface area contributed by atoms with Gasteiger partial charge < -0.3 is 9.47 Å². The summed E-state index contributed by atoms with van der Waals surface area (Å²) in [7, 11) is 1.59. The van der Waals surface area contributed by atoms with Crippen LogP contribution < -0.4 is 0 Å². The zero-order chi connectivity index (χ0) is 10.3. The lowest BCUT2D eigenvalue weighted by molar-refractivity contribution is -0.147. The maximum Gasteiger partial charge on any atom is 0.384 e. The lowest BCUT2D eigenvalue weighted by Gasteiger charge is -2.16. The summed E-state index contributed by atoms with van der Waals surface area (Å²) in [6.07, 6.45) is 0.551. The molecule has 0 saturated carbocycles. The van der Waals surface area contributed by atoms with E-state index >= 15 is 0 Å². The number of ether oxygens (including phenoxy) is 2. The van der Waals surface area contributed by atoms with Crippen LogP contribution in [0.2, 0.25) is 0 Å². The summed E-state index contributed by atoms with van der Waals surface area (Å²) in [4.78, 5) is 11.0. The van der Waals surface area contributed by atoms with Crippen molar-refractivity contribution < 1.29 is 14.3 Å². The molecule has 0 N–H and O–H groups in total. The van der Waals surface area contributed by atoms with E-state index in [0.29, 0.717) is 13.0 Å². The molecule has 0 bridgehead atoms. The maximum absolute atomic E-state index is 11.0. The van der Waals surface area contributed by atoms with Gasteiger partial charge in [-0.05, 0) is 20.8 Å². The second kappa shape index (κ2) is 5.60. The largest absolute Gasteiger partial charge is 0.450 e. The van der Waals surface area contributed by atoms with E-state index in [-0.39, 0.29) is 0 Å². The van der Waals surface area contributed by atoms with Gasteiger partial charge in [-0.2, -0.15) is 0 Å². The van der Waals surface area contributed by atoms with Crippen LogP contribution in [-0.4, -0.2) is 25.3 Å². The van der Waals surface area contributed by atoms with Crippen molar-refractivity contribution in [1.82, 2.24) is 0 Å². The van der Waals surface area contributed by atoms with Crippen LogP contribution in [0.25, 0.3) is 0 Å². The molecular formula is C10H16O3. The van der Waals surface area contributed by atoms with Gasteiger partial charge >= 0.3 is 5.97 Å². The van der Waals surface area contributed by atoms with Crippen LogP contribution in [0.1, 0.15) is 27.2 Å². The summed E-state index contributed by atoms with van der Waals surface area (Å²) >= 11 is 0. The smallest absolute Gasteiger partial charge is 0.384 e. The van der Waals surface area contributed by atoms with E-state index in [4.69, 9.17) is 9.47 Å². The molecule has 74 valence electrons. The summed E-state index contributed by atoms with van der Waals surface area (Å²) in [5.74, 6) is 4.56. The first-order valence-electron chi connectivity index (χ1n) is 4.16. The molecule has 0 unspecified atom stereocenters. The molecule has 13 heavy (non-hydrogen) atoms. The predicted octanol–water partition coefficient (Wildman–Crippen LogP) is 1.37. The molecule has 0 aliphatic rings. The fourth-order valence-corrected chi connectivity index (χ4v) is 0.591. The molecule has 3 heteroatoms. The van der Waals surface area contributed by atoms with Crippen molar-refractivity contribution in [3.05, 3.63) is 0 Å². The Kier molecular flexibility index (Phi) is 5.17. The SMILES string of the molecule is COCCC#CC(=O)OC(C)(C)C. The molecule has 0 aromatic rings. The Labute approximate surface area is 79.4 Å². The average Bonchev–Trinajstić information content (AvgIpc) is 1.94. The molecule has 0 saturated heterocycles. The second-order valence-corrected chi connectivity index (χ2v) is 3.55. The summed E-state index contributed by atoms with van der Waals surface area (Å²) in [5, 5.41) is 0. The van der Waals surface area contributed by atoms with Crippen molar-refractivity contribution in [1.29, 1.82) is 0 Å². The predicted molar refractivity (Wildman–Crippen MR) is 50.1 cm³/mol. The first-order chi connectivity index (χ1) is 5.95. The Morgan fingerprint density at radius 3 is 2.46 bits per heavy atom. The number of carbonyl (C=O) groups is 1. The average molecular weight is 184 g/mol. The van der Waals surface area contributed by atoms with Crippen molar-refractivity contribution in [2.24, 2.45) is 0 Å². The Balaban J connectivity index is 3.78. The van der Waals surface area contributed by atoms with Crippen LogP contribution in [0.5, 0.6) is 0 Å². The Morgan fingerprint density at radius 1 is 1.38 bits per heavy atom. The highest BCUT2D eigenvalue weighted by molar-refractivity contribution is 5.88. The fraction of sp³-hybridized carbons (Fsp3) is 0.700. The summed E-state index contributed by atoms with van der Waals surface area (Å²) in [6, 6.07) is 0. The third-order valence-electron chi connectivity index (χ3n) is 1.02. The van der Waals surface area contributed by atoms with Gasteiger partial charge in [-0.3, -0.25) is 0 Å². The number of esters is 1. The highest BCUT2D eigenvalue weighted by Gasteiger charge is 2.13. The van der Waals surface area contributed by atoms with Gasteiger partial charge in [0.1, 0.15) is 5.60 Å². The summed E-state index contributed by atoms with van der Waals surface area (Å²) in [5.41, 5.74) is -0.465. The molecule has 0 spiro atoms. The van der Waals surface area contributed by atoms with Gasteiger partial charge in [0.15, 0.2) is 0 Å². The number of hydrogen-bond donors (Lipinski definition) is 0. The van der Waals surface area contributed by atoms with Crippen molar-refractivity contribution in [2.45, 2.75) is 32.8 Å². The van der Waals surface area contributed by atoms with Gasteiger partial charge in [0, 0.05) is 19.5 Å². The van der Waals surface area contributed by atoms with Crippen LogP contribution in [0.4, 0.5) is 0 Å². The van der Waals surface area contributed by atoms with Gasteiger partial charge in [0.2, 0.25) is 0 Å². The Bertz CT molecular complexity index is 215. The van der Waals surface area contributed by atoms with Crippen LogP contribution in [0.15, 0.2) is 0 Å². The van der Waals surface area contributed by atoms with Gasteiger partial charge in [0.25, 0.3) is 0 Å². The number of methoxy groups -OCH3 is 1. The van der Waals surface area contributed by atoms with Gasteiger partial charge in [-0.1, -0.05) is 5.92 Å². The van der Waals surface area contributed by atoms with Gasteiger partial charge in [0.05, 0.1) is 6.61 Å². The highest BCUT2D eigenvalue weighted by Crippen LogP contribution is 2.05. The maximum atomic E-state index is 11.0. The number of rotatable bonds is 2. The lowest BCUT2D eigenvalue weighted by atomic mass is 10.2. The first kappa shape index (κ1) is 12.0. The molecular weight excluding hydrogens is 168 g/mol. The standard InChI is InChI=1S/C10H16O3/c1-10(2,3)13-9(11)7-5-6-8-12-4/h6,8H2,1-4H3. The molecule has 0 heterocycles. The van der Waals surface area contributed by atoms with Crippen LogP contribution in [-0.2, 0) is 14.3 Å². The molecule has 0 aromatic heterocycles. The van der Waals surface area contributed by atoms with E-state index in [1.54, 1.807) is 7.11 Å². The second-order valence-electron chi connectivity index (χ2n) is 3.55. The monoisotopic (exact) mass is 184 g/mol. The molecule has 3 nitrogen and oxygen atoms in total. The summed E-state index contributed by atoms with van der Waals surface area (Å²) in [6.45, 7) is 5.96. The number of carbonyl (C=O) groups excluding carboxylic acids is 1. The van der Waals surface area contributed by atoms with Crippen LogP contribution >= 0.6 is 0 Å². The Morgan fingerprint density at radius 2 is 2.00 bits per heavy atom. The van der Waals surface area contributed by atoms with E-state index in [9.17, 15) is 4.79 Å². The zero-order valence-corrected chi connectivity index (χ0v) is 8.64. The molecule has 0 fully saturated rings. The van der Waals surface area contributed by atoms with Gasteiger partial charge in [-0.15, -0.1) is 0 Å². The summed E-state index contributed by atoms with van der Waals surface area (Å²) < 4.78 is 9.73. The minimum Gasteiger partial charge on any atom is -0.450 e. The minimum atomic E-state index is -0.483. The van der Waals surface area contributed by atoms with E-state index in [2.05, 4.69) is 11.8 Å². The van der Waals surface area contributed by atoms with E-state index in [0.717, 1.165) is 0 Å². The van der Waals surface area contributed by atoms with Gasteiger partial charge in [-0.25, -0.2) is 4.79 Å². The van der Waals surface area contributed by atoms with Crippen molar-refractivity contribution in [2.75, 3.05) is 13.7 Å². The van der Waals surface area contributed by atoms with Crippen LogP contribution in [0.3, 0.4) is 0 Å². The molecule has 0 radical (unpaired) electrons. The molecule has 0 aliphatic heterocycles. The normalized spacial score (nSPS) is 10.2. The fourth-order valence-electron chi connectivity index (χ4n) is 0.591. The van der Waals surface area contributed by atoms with E-state index in [1.165, 1.54) is 0 Å². The van der Waals surface area contributed by atoms with Crippen molar-refractivity contribution >= 4 is 5.97 Å². The highest BCUT2D eigenvalue weighted by atomic mass is 16.6. The minimum absolute atomic E-state index is 0.465. The molecule has 0 aliphatic carbocycles. The van der Waals surface area contributed by atoms with Crippen LogP contribution in [0, 0.1) is 11.8 Å². The molecule has 0 amide bonds.